The Morgan fingerprint density at radius 3 is 2.51 bits per heavy atom. The summed E-state index contributed by atoms with van der Waals surface area (Å²) in [6.07, 6.45) is 1.35. The molecule has 2 aromatic carbocycles. The molecule has 0 aliphatic rings. The number of rotatable bonds is 11. The van der Waals surface area contributed by atoms with E-state index in [-0.39, 0.29) is 31.5 Å². The summed E-state index contributed by atoms with van der Waals surface area (Å²) >= 11 is 5.98. The highest BCUT2D eigenvalue weighted by atomic mass is 35.5. The number of hydrogen-bond acceptors (Lipinski definition) is 6. The topological polar surface area (TPSA) is 163 Å². The van der Waals surface area contributed by atoms with Gasteiger partial charge in [0.25, 0.3) is 5.91 Å². The Balaban J connectivity index is 1.80. The number of carbonyl (C=O) groups excluding carboxylic acids is 2. The first kappa shape index (κ1) is 25.8. The molecule has 12 heteroatoms. The second-order valence-electron chi connectivity index (χ2n) is 7.78. The molecule has 0 saturated heterocycles. The molecule has 3 rings (SSSR count). The average molecular weight is 503 g/mol. The van der Waals surface area contributed by atoms with Gasteiger partial charge in [0.15, 0.2) is 5.69 Å². The van der Waals surface area contributed by atoms with E-state index in [2.05, 4.69) is 26.0 Å². The zero-order chi connectivity index (χ0) is 25.4. The fourth-order valence-corrected chi connectivity index (χ4v) is 3.66. The van der Waals surface area contributed by atoms with Crippen molar-refractivity contribution in [1.82, 2.24) is 26.0 Å². The molecule has 0 saturated carbocycles. The summed E-state index contributed by atoms with van der Waals surface area (Å²) in [5, 5.41) is 24.8. The van der Waals surface area contributed by atoms with Gasteiger partial charge in [-0.15, -0.1) is 0 Å². The van der Waals surface area contributed by atoms with Gasteiger partial charge in [-0.2, -0.15) is 15.4 Å². The Morgan fingerprint density at radius 1 is 1.14 bits per heavy atom. The zero-order valence-electron chi connectivity index (χ0n) is 18.5. The number of aromatic amines is 1. The molecular formula is C23H24ClFN6O4. The Bertz CT molecular complexity index is 1170. The summed E-state index contributed by atoms with van der Waals surface area (Å²) in [6, 6.07) is 9.23. The molecule has 0 aliphatic heterocycles. The number of nitrogens with two attached hydrogens (primary N) is 1. The number of H-pyrrole nitrogens is 1. The highest BCUT2D eigenvalue weighted by Crippen LogP contribution is 2.26. The fourth-order valence-electron chi connectivity index (χ4n) is 3.49. The quantitative estimate of drug-likeness (QED) is 0.267. The molecule has 0 bridgehead atoms. The van der Waals surface area contributed by atoms with Gasteiger partial charge in [-0.05, 0) is 42.2 Å². The lowest BCUT2D eigenvalue weighted by atomic mass is 9.96. The number of halogens is 2. The Hall–Kier alpha value is -3.83. The van der Waals surface area contributed by atoms with Crippen LogP contribution in [0.15, 0.2) is 48.7 Å². The number of carbonyl (C=O) groups is 3. The van der Waals surface area contributed by atoms with E-state index < -0.39 is 35.7 Å². The van der Waals surface area contributed by atoms with E-state index in [1.165, 1.54) is 24.4 Å². The number of hydrogen-bond donors (Lipinski definition) is 5. The molecule has 0 spiro atoms. The third-order valence-corrected chi connectivity index (χ3v) is 5.42. The second kappa shape index (κ2) is 12.0. The fraction of sp³-hybridized carbons (Fsp3) is 0.261. The monoisotopic (exact) mass is 502 g/mol. The van der Waals surface area contributed by atoms with Crippen molar-refractivity contribution < 1.29 is 23.9 Å². The smallest absolute Gasteiger partial charge is 0.326 e. The highest BCUT2D eigenvalue weighted by molar-refractivity contribution is 6.30. The van der Waals surface area contributed by atoms with Crippen LogP contribution in [0.4, 0.5) is 4.39 Å². The zero-order valence-corrected chi connectivity index (χ0v) is 19.3. The van der Waals surface area contributed by atoms with Crippen LogP contribution in [0.2, 0.25) is 5.02 Å². The third-order valence-electron chi connectivity index (χ3n) is 5.18. The van der Waals surface area contributed by atoms with Crippen LogP contribution in [0.25, 0.3) is 11.1 Å². The number of carboxylic acid groups (broad SMARTS) is 1. The molecule has 0 aliphatic carbocycles. The molecule has 2 amide bonds. The lowest BCUT2D eigenvalue weighted by Gasteiger charge is -2.23. The Kier molecular flexibility index (Phi) is 8.87. The normalized spacial score (nSPS) is 12.5. The van der Waals surface area contributed by atoms with Crippen molar-refractivity contribution in [3.8, 4) is 11.1 Å². The first-order valence-corrected chi connectivity index (χ1v) is 11.1. The number of aliphatic carboxylic acids is 1. The van der Waals surface area contributed by atoms with Gasteiger partial charge in [0.1, 0.15) is 11.9 Å². The largest absolute Gasteiger partial charge is 0.480 e. The highest BCUT2D eigenvalue weighted by Gasteiger charge is 2.26. The molecule has 10 nitrogen and oxygen atoms in total. The molecule has 1 aromatic heterocycles. The molecule has 3 aromatic rings. The van der Waals surface area contributed by atoms with Crippen molar-refractivity contribution in [2.45, 2.75) is 31.3 Å². The van der Waals surface area contributed by atoms with Crippen molar-refractivity contribution in [3.63, 3.8) is 0 Å². The predicted octanol–water partition coefficient (Wildman–Crippen LogP) is 1.91. The number of nitrogens with zero attached hydrogens (tertiary/aromatic N) is 2. The molecule has 1 heterocycles. The van der Waals surface area contributed by atoms with Crippen LogP contribution in [-0.4, -0.2) is 56.9 Å². The van der Waals surface area contributed by atoms with Crippen molar-refractivity contribution in [1.29, 1.82) is 0 Å². The molecule has 0 radical (unpaired) electrons. The van der Waals surface area contributed by atoms with Crippen LogP contribution in [0, 0.1) is 5.82 Å². The van der Waals surface area contributed by atoms with Crippen molar-refractivity contribution in [3.05, 3.63) is 70.8 Å². The van der Waals surface area contributed by atoms with E-state index in [1.54, 1.807) is 24.3 Å². The Labute approximate surface area is 205 Å². The molecule has 2 unspecified atom stereocenters. The molecule has 0 fully saturated rings. The van der Waals surface area contributed by atoms with Crippen molar-refractivity contribution >= 4 is 29.4 Å². The van der Waals surface area contributed by atoms with Gasteiger partial charge < -0.3 is 21.5 Å². The number of carboxylic acids is 1. The van der Waals surface area contributed by atoms with E-state index in [1.807, 2.05) is 0 Å². The first-order chi connectivity index (χ1) is 16.8. The molecule has 6 N–H and O–H groups in total. The molecule has 2 atom stereocenters. The van der Waals surface area contributed by atoms with Gasteiger partial charge in [0.05, 0.1) is 6.20 Å². The summed E-state index contributed by atoms with van der Waals surface area (Å²) in [5.74, 6) is -2.73. The van der Waals surface area contributed by atoms with E-state index >= 15 is 0 Å². The van der Waals surface area contributed by atoms with Crippen molar-refractivity contribution in [2.75, 3.05) is 6.54 Å². The van der Waals surface area contributed by atoms with Crippen LogP contribution in [0.1, 0.15) is 28.9 Å². The molecule has 184 valence electrons. The number of benzene rings is 2. The van der Waals surface area contributed by atoms with E-state index in [0.29, 0.717) is 16.1 Å². The standard InChI is InChI=1S/C23H24ClFN6O4/c24-15-5-6-18(25)17(10-15)14-3-1-13(2-4-14)9-16(28-22(33)20-12-27-31-30-20)11-19(23(34)35)29-21(32)7-8-26/h1-6,10,12,16,19H,7-9,11,26H2,(H,28,33)(H,29,32)(H,34,35)(H,27,30,31). The summed E-state index contributed by atoms with van der Waals surface area (Å²) in [5.41, 5.74) is 7.09. The summed E-state index contributed by atoms with van der Waals surface area (Å²) in [4.78, 5) is 36.2. The van der Waals surface area contributed by atoms with Crippen LogP contribution in [-0.2, 0) is 16.0 Å². The first-order valence-electron chi connectivity index (χ1n) is 10.7. The van der Waals surface area contributed by atoms with Gasteiger partial charge in [0.2, 0.25) is 5.91 Å². The maximum Gasteiger partial charge on any atom is 0.326 e. The van der Waals surface area contributed by atoms with Gasteiger partial charge in [-0.3, -0.25) is 9.59 Å². The molecular weight excluding hydrogens is 479 g/mol. The lowest BCUT2D eigenvalue weighted by molar-refractivity contribution is -0.142. The van der Waals surface area contributed by atoms with Crippen LogP contribution in [0.5, 0.6) is 0 Å². The van der Waals surface area contributed by atoms with E-state index in [9.17, 15) is 23.9 Å². The second-order valence-corrected chi connectivity index (χ2v) is 8.22. The van der Waals surface area contributed by atoms with Crippen LogP contribution >= 0.6 is 11.6 Å². The molecule has 35 heavy (non-hydrogen) atoms. The third kappa shape index (κ3) is 7.33. The van der Waals surface area contributed by atoms with Crippen molar-refractivity contribution in [2.24, 2.45) is 5.73 Å². The number of aromatic nitrogens is 3. The predicted molar refractivity (Wildman–Crippen MR) is 126 cm³/mol. The van der Waals surface area contributed by atoms with E-state index in [4.69, 9.17) is 17.3 Å². The Morgan fingerprint density at radius 2 is 1.89 bits per heavy atom. The van der Waals surface area contributed by atoms with Gasteiger partial charge in [-0.25, -0.2) is 9.18 Å². The van der Waals surface area contributed by atoms with Crippen LogP contribution < -0.4 is 16.4 Å². The minimum atomic E-state index is -1.25. The van der Waals surface area contributed by atoms with E-state index in [0.717, 1.165) is 5.56 Å². The summed E-state index contributed by atoms with van der Waals surface area (Å²) in [6.45, 7) is 0.0735. The lowest BCUT2D eigenvalue weighted by Crippen LogP contribution is -2.47. The minimum absolute atomic E-state index is 0.0265. The maximum absolute atomic E-state index is 14.2. The van der Waals surface area contributed by atoms with Gasteiger partial charge >= 0.3 is 5.97 Å². The van der Waals surface area contributed by atoms with Crippen LogP contribution in [0.3, 0.4) is 0 Å². The summed E-state index contributed by atoms with van der Waals surface area (Å²) in [7, 11) is 0. The number of amides is 2. The van der Waals surface area contributed by atoms with Gasteiger partial charge in [0, 0.05) is 29.6 Å². The number of nitrogens with one attached hydrogen (secondary N) is 3. The van der Waals surface area contributed by atoms with Gasteiger partial charge in [-0.1, -0.05) is 35.9 Å². The maximum atomic E-state index is 14.2. The average Bonchev–Trinajstić information content (AvgIpc) is 3.36. The minimum Gasteiger partial charge on any atom is -0.480 e. The SMILES string of the molecule is NCCC(=O)NC(CC(Cc1ccc(-c2cc(Cl)ccc2F)cc1)NC(=O)c1cn[nH]n1)C(=O)O. The summed E-state index contributed by atoms with van der Waals surface area (Å²) < 4.78 is 14.2.